The fraction of sp³-hybridized carbons (Fsp3) is 0.0417. The molecule has 0 aliphatic rings. The van der Waals surface area contributed by atoms with Crippen LogP contribution in [-0.2, 0) is 4.57 Å². The number of hydrogen-bond donors (Lipinski definition) is 0. The summed E-state index contributed by atoms with van der Waals surface area (Å²) in [6.45, 7) is 1.48. The summed E-state index contributed by atoms with van der Waals surface area (Å²) in [5.74, 6) is 3.04. The molecule has 0 radical (unpaired) electrons. The molecule has 0 saturated heterocycles. The van der Waals surface area contributed by atoms with Gasteiger partial charge in [-0.3, -0.25) is 9.36 Å². The highest BCUT2D eigenvalue weighted by atomic mass is 35.5. The number of carbonyl (C=O) groups excluding carboxylic acids is 1. The minimum Gasteiger partial charge on any atom is -0.438 e. The van der Waals surface area contributed by atoms with E-state index in [0.29, 0.717) is 22.4 Å². The lowest BCUT2D eigenvalue weighted by Gasteiger charge is -2.15. The Labute approximate surface area is 186 Å². The molecule has 0 unspecified atom stereocenters. The Morgan fingerprint density at radius 1 is 0.733 bits per heavy atom. The van der Waals surface area contributed by atoms with E-state index in [1.807, 2.05) is 60.7 Å². The third-order valence-electron chi connectivity index (χ3n) is 4.19. The average Bonchev–Trinajstić information content (AvgIpc) is 2.75. The van der Waals surface area contributed by atoms with Crippen LogP contribution >= 0.6 is 30.6 Å². The van der Waals surface area contributed by atoms with Gasteiger partial charge in [0.25, 0.3) is 7.37 Å². The quantitative estimate of drug-likeness (QED) is 0.267. The SMILES string of the molecule is CC(=O)c1ccc(OP(=O)(C=C(Cl)c2ccccc2)C=C(Cl)c2ccccc2)cc1. The van der Waals surface area contributed by atoms with Gasteiger partial charge < -0.3 is 4.52 Å². The van der Waals surface area contributed by atoms with Gasteiger partial charge in [0.2, 0.25) is 0 Å². The summed E-state index contributed by atoms with van der Waals surface area (Å²) in [6.07, 6.45) is 0. The summed E-state index contributed by atoms with van der Waals surface area (Å²) in [7, 11) is -3.60. The molecule has 3 aromatic rings. The van der Waals surface area contributed by atoms with Crippen LogP contribution in [0, 0.1) is 0 Å². The van der Waals surface area contributed by atoms with Crippen LogP contribution in [0.25, 0.3) is 10.1 Å². The largest absolute Gasteiger partial charge is 0.438 e. The van der Waals surface area contributed by atoms with Gasteiger partial charge in [-0.05, 0) is 42.3 Å². The lowest BCUT2D eigenvalue weighted by molar-refractivity contribution is 0.101. The second-order valence-electron chi connectivity index (χ2n) is 6.50. The van der Waals surface area contributed by atoms with Gasteiger partial charge in [0.05, 0.1) is 10.1 Å². The maximum Gasteiger partial charge on any atom is 0.295 e. The van der Waals surface area contributed by atoms with Crippen LogP contribution in [-0.4, -0.2) is 5.78 Å². The van der Waals surface area contributed by atoms with Crippen molar-refractivity contribution in [3.8, 4) is 5.75 Å². The summed E-state index contributed by atoms with van der Waals surface area (Å²) in [6, 6.07) is 24.8. The Morgan fingerprint density at radius 3 is 1.57 bits per heavy atom. The molecule has 3 nitrogen and oxygen atoms in total. The maximum absolute atomic E-state index is 13.8. The van der Waals surface area contributed by atoms with E-state index in [1.165, 1.54) is 18.6 Å². The lowest BCUT2D eigenvalue weighted by Crippen LogP contribution is -1.93. The first kappa shape index (κ1) is 22.1. The molecule has 0 spiro atoms. The predicted octanol–water partition coefficient (Wildman–Crippen LogP) is 8.02. The Bertz CT molecular complexity index is 1060. The van der Waals surface area contributed by atoms with Crippen molar-refractivity contribution in [2.45, 2.75) is 6.92 Å². The highest BCUT2D eigenvalue weighted by molar-refractivity contribution is 7.66. The number of carbonyl (C=O) groups is 1. The highest BCUT2D eigenvalue weighted by Crippen LogP contribution is 2.54. The molecule has 0 heterocycles. The van der Waals surface area contributed by atoms with E-state index in [-0.39, 0.29) is 15.8 Å². The van der Waals surface area contributed by atoms with Crippen molar-refractivity contribution in [2.24, 2.45) is 0 Å². The van der Waals surface area contributed by atoms with E-state index < -0.39 is 7.37 Å². The zero-order valence-corrected chi connectivity index (χ0v) is 18.6. The van der Waals surface area contributed by atoms with Gasteiger partial charge in [0.15, 0.2) is 5.78 Å². The minimum atomic E-state index is -3.60. The van der Waals surface area contributed by atoms with Crippen molar-refractivity contribution in [3.63, 3.8) is 0 Å². The van der Waals surface area contributed by atoms with Crippen molar-refractivity contribution >= 4 is 46.4 Å². The molecular formula is C24H19Cl2O3P. The fourth-order valence-electron chi connectivity index (χ4n) is 2.67. The second-order valence-corrected chi connectivity index (χ2v) is 9.31. The molecule has 6 heteroatoms. The second kappa shape index (κ2) is 9.95. The zero-order valence-electron chi connectivity index (χ0n) is 16.2. The van der Waals surface area contributed by atoms with Crippen molar-refractivity contribution in [3.05, 3.63) is 113 Å². The molecule has 0 saturated carbocycles. The van der Waals surface area contributed by atoms with E-state index in [9.17, 15) is 9.36 Å². The summed E-state index contributed by atoms with van der Waals surface area (Å²) < 4.78 is 19.6. The van der Waals surface area contributed by atoms with Crippen LogP contribution in [0.5, 0.6) is 5.75 Å². The molecule has 0 bridgehead atoms. The summed E-state index contributed by atoms with van der Waals surface area (Å²) in [5.41, 5.74) is 1.95. The molecular weight excluding hydrogens is 438 g/mol. The molecule has 30 heavy (non-hydrogen) atoms. The van der Waals surface area contributed by atoms with Crippen LogP contribution < -0.4 is 4.52 Å². The number of hydrogen-bond acceptors (Lipinski definition) is 3. The summed E-state index contributed by atoms with van der Waals surface area (Å²) in [5, 5.41) is 0.570. The van der Waals surface area contributed by atoms with E-state index in [0.717, 1.165) is 0 Å². The van der Waals surface area contributed by atoms with Gasteiger partial charge in [-0.2, -0.15) is 0 Å². The van der Waals surface area contributed by atoms with Gasteiger partial charge in [-0.15, -0.1) is 0 Å². The average molecular weight is 457 g/mol. The van der Waals surface area contributed by atoms with Crippen LogP contribution in [0.2, 0.25) is 0 Å². The standard InChI is InChI=1S/C24H19Cl2O3P/c1-18(27)19-12-14-22(15-13-19)29-30(28,16-23(25)20-8-4-2-5-9-20)17-24(26)21-10-6-3-7-11-21/h2-17H,1H3. The van der Waals surface area contributed by atoms with Crippen molar-refractivity contribution < 1.29 is 13.9 Å². The molecule has 0 aliphatic heterocycles. The third-order valence-corrected chi connectivity index (χ3v) is 6.89. The fourth-order valence-corrected chi connectivity index (χ4v) is 5.29. The smallest absolute Gasteiger partial charge is 0.295 e. The Balaban J connectivity index is 2.01. The van der Waals surface area contributed by atoms with Crippen molar-refractivity contribution in [1.29, 1.82) is 0 Å². The predicted molar refractivity (Wildman–Crippen MR) is 125 cm³/mol. The van der Waals surface area contributed by atoms with Gasteiger partial charge >= 0.3 is 0 Å². The number of ketones is 1. The molecule has 0 amide bonds. The highest BCUT2D eigenvalue weighted by Gasteiger charge is 2.22. The number of Topliss-reactive ketones (excluding diaryl/α,β-unsaturated/α-hetero) is 1. The Kier molecular flexibility index (Phi) is 7.33. The first-order chi connectivity index (χ1) is 14.4. The topological polar surface area (TPSA) is 43.4 Å². The molecule has 0 aromatic heterocycles. The van der Waals surface area contributed by atoms with Crippen LogP contribution in [0.3, 0.4) is 0 Å². The van der Waals surface area contributed by atoms with Gasteiger partial charge in [-0.1, -0.05) is 83.9 Å². The normalized spacial score (nSPS) is 14.1. The van der Waals surface area contributed by atoms with E-state index >= 15 is 0 Å². The number of rotatable bonds is 7. The van der Waals surface area contributed by atoms with Crippen molar-refractivity contribution in [1.82, 2.24) is 0 Å². The molecule has 0 atom stereocenters. The first-order valence-electron chi connectivity index (χ1n) is 9.14. The zero-order chi connectivity index (χ0) is 21.6. The lowest BCUT2D eigenvalue weighted by atomic mass is 10.1. The first-order valence-corrected chi connectivity index (χ1v) is 11.7. The maximum atomic E-state index is 13.8. The molecule has 0 aliphatic carbocycles. The third kappa shape index (κ3) is 5.96. The molecule has 0 N–H and O–H groups in total. The molecule has 3 aromatic carbocycles. The van der Waals surface area contributed by atoms with Crippen LogP contribution in [0.1, 0.15) is 28.4 Å². The molecule has 3 rings (SSSR count). The van der Waals surface area contributed by atoms with Gasteiger partial charge in [0, 0.05) is 17.2 Å². The molecule has 152 valence electrons. The van der Waals surface area contributed by atoms with E-state index in [4.69, 9.17) is 27.7 Å². The molecule has 0 fully saturated rings. The monoisotopic (exact) mass is 456 g/mol. The minimum absolute atomic E-state index is 0.0660. The van der Waals surface area contributed by atoms with Crippen LogP contribution in [0.4, 0.5) is 0 Å². The van der Waals surface area contributed by atoms with Crippen LogP contribution in [0.15, 0.2) is 96.6 Å². The number of benzene rings is 3. The van der Waals surface area contributed by atoms with E-state index in [1.54, 1.807) is 24.3 Å². The van der Waals surface area contributed by atoms with Gasteiger partial charge in [0.1, 0.15) is 5.75 Å². The number of halogens is 2. The summed E-state index contributed by atoms with van der Waals surface area (Å²) >= 11 is 12.9. The Hall–Kier alpha value is -2.58. The Morgan fingerprint density at radius 2 is 1.17 bits per heavy atom. The summed E-state index contributed by atoms with van der Waals surface area (Å²) in [4.78, 5) is 11.5. The van der Waals surface area contributed by atoms with Crippen molar-refractivity contribution in [2.75, 3.05) is 0 Å². The van der Waals surface area contributed by atoms with Gasteiger partial charge in [-0.25, -0.2) is 0 Å². The van der Waals surface area contributed by atoms with E-state index in [2.05, 4.69) is 0 Å².